The van der Waals surface area contributed by atoms with Crippen molar-refractivity contribution in [3.8, 4) is 11.1 Å². The molecule has 0 spiro atoms. The van der Waals surface area contributed by atoms with Gasteiger partial charge in [-0.3, -0.25) is 4.98 Å². The van der Waals surface area contributed by atoms with E-state index in [2.05, 4.69) is 77.1 Å². The predicted molar refractivity (Wildman–Crippen MR) is 120 cm³/mol. The van der Waals surface area contributed by atoms with Crippen LogP contribution < -0.4 is 10.6 Å². The summed E-state index contributed by atoms with van der Waals surface area (Å²) in [7, 11) is 0. The summed E-state index contributed by atoms with van der Waals surface area (Å²) < 4.78 is 0. The number of aliphatic hydroxyl groups is 1. The van der Waals surface area contributed by atoms with Crippen molar-refractivity contribution in [3.05, 3.63) is 90.1 Å². The van der Waals surface area contributed by atoms with Gasteiger partial charge in [0.05, 0.1) is 12.1 Å². The van der Waals surface area contributed by atoms with Gasteiger partial charge in [0.1, 0.15) is 0 Å². The maximum atomic E-state index is 9.01. The fraction of sp³-hybridized carbons (Fsp3) is 0.160. The van der Waals surface area contributed by atoms with E-state index in [4.69, 9.17) is 5.11 Å². The van der Waals surface area contributed by atoms with Crippen LogP contribution in [0.4, 0.5) is 11.4 Å². The number of rotatable bonds is 7. The van der Waals surface area contributed by atoms with E-state index in [9.17, 15) is 0 Å². The van der Waals surface area contributed by atoms with Gasteiger partial charge in [0.15, 0.2) is 0 Å². The summed E-state index contributed by atoms with van der Waals surface area (Å²) in [5.41, 5.74) is 7.92. The number of nitrogens with zero attached hydrogens (tertiary/aromatic N) is 1. The number of nitrogens with one attached hydrogen (secondary N) is 2. The Morgan fingerprint density at radius 3 is 2.62 bits per heavy atom. The van der Waals surface area contributed by atoms with Crippen molar-refractivity contribution in [3.63, 3.8) is 0 Å². The molecule has 0 atom stereocenters. The van der Waals surface area contributed by atoms with Crippen molar-refractivity contribution in [1.29, 1.82) is 0 Å². The molecule has 0 bridgehead atoms. The molecule has 0 saturated heterocycles. The van der Waals surface area contributed by atoms with Crippen molar-refractivity contribution in [2.45, 2.75) is 13.5 Å². The minimum Gasteiger partial charge on any atom is -0.395 e. The summed E-state index contributed by atoms with van der Waals surface area (Å²) in [4.78, 5) is 4.48. The Kier molecular flexibility index (Phi) is 5.84. The average molecular weight is 383 g/mol. The van der Waals surface area contributed by atoms with Crippen molar-refractivity contribution in [2.75, 3.05) is 18.5 Å². The lowest BCUT2D eigenvalue weighted by Gasteiger charge is -2.15. The highest BCUT2D eigenvalue weighted by Crippen LogP contribution is 2.31. The maximum absolute atomic E-state index is 9.01. The van der Waals surface area contributed by atoms with Gasteiger partial charge in [-0.15, -0.1) is 0 Å². The smallest absolute Gasteiger partial charge is 0.0706 e. The van der Waals surface area contributed by atoms with Gasteiger partial charge in [-0.2, -0.15) is 0 Å². The molecule has 4 aromatic rings. The largest absolute Gasteiger partial charge is 0.395 e. The highest BCUT2D eigenvalue weighted by atomic mass is 16.3. The van der Waals surface area contributed by atoms with Crippen LogP contribution in [-0.4, -0.2) is 23.2 Å². The summed E-state index contributed by atoms with van der Waals surface area (Å²) in [6, 6.07) is 25.1. The second-order valence-corrected chi connectivity index (χ2v) is 7.07. The van der Waals surface area contributed by atoms with E-state index < -0.39 is 0 Å². The van der Waals surface area contributed by atoms with Crippen LogP contribution in [0.1, 0.15) is 11.1 Å². The molecule has 4 nitrogen and oxygen atoms in total. The molecule has 0 aliphatic carbocycles. The standard InChI is InChI=1S/C25H25N3O/c1-18-22(19-6-3-2-4-7-19)8-5-9-24(18)28-21-10-11-25-23(16-21)20(12-13-27-25)17-26-14-15-29/h2-13,16,26,28-29H,14-15,17H2,1H3. The zero-order chi connectivity index (χ0) is 20.1. The second-order valence-electron chi connectivity index (χ2n) is 7.07. The number of hydrogen-bond acceptors (Lipinski definition) is 4. The number of benzene rings is 3. The summed E-state index contributed by atoms with van der Waals surface area (Å²) >= 11 is 0. The van der Waals surface area contributed by atoms with Crippen LogP contribution in [0.25, 0.3) is 22.0 Å². The summed E-state index contributed by atoms with van der Waals surface area (Å²) in [5, 5.41) is 17.0. The normalized spacial score (nSPS) is 11.0. The fourth-order valence-corrected chi connectivity index (χ4v) is 3.59. The molecule has 0 saturated carbocycles. The number of pyridine rings is 1. The second kappa shape index (κ2) is 8.86. The van der Waals surface area contributed by atoms with Crippen LogP contribution in [-0.2, 0) is 6.54 Å². The van der Waals surface area contributed by atoms with Gasteiger partial charge in [0.25, 0.3) is 0 Å². The minimum atomic E-state index is 0.132. The molecular formula is C25H25N3O. The Balaban J connectivity index is 1.65. The Labute approximate surface area is 171 Å². The van der Waals surface area contributed by atoms with Gasteiger partial charge in [-0.1, -0.05) is 42.5 Å². The first kappa shape index (κ1) is 19.1. The van der Waals surface area contributed by atoms with E-state index in [0.717, 1.165) is 22.3 Å². The molecule has 29 heavy (non-hydrogen) atoms. The summed E-state index contributed by atoms with van der Waals surface area (Å²) in [5.74, 6) is 0. The van der Waals surface area contributed by atoms with Crippen LogP contribution in [0.3, 0.4) is 0 Å². The molecule has 0 aliphatic rings. The van der Waals surface area contributed by atoms with Gasteiger partial charge in [-0.05, 0) is 59.5 Å². The van der Waals surface area contributed by atoms with E-state index in [0.29, 0.717) is 13.1 Å². The zero-order valence-electron chi connectivity index (χ0n) is 16.5. The molecule has 146 valence electrons. The number of aliphatic hydroxyl groups excluding tert-OH is 1. The predicted octanol–water partition coefficient (Wildman–Crippen LogP) is 5.04. The monoisotopic (exact) mass is 383 g/mol. The van der Waals surface area contributed by atoms with E-state index in [1.165, 1.54) is 22.3 Å². The molecule has 4 rings (SSSR count). The number of fused-ring (bicyclic) bond motifs is 1. The fourth-order valence-electron chi connectivity index (χ4n) is 3.59. The van der Waals surface area contributed by atoms with Crippen LogP contribution >= 0.6 is 0 Å². The van der Waals surface area contributed by atoms with Crippen LogP contribution in [0.5, 0.6) is 0 Å². The number of hydrogen-bond donors (Lipinski definition) is 3. The lowest BCUT2D eigenvalue weighted by atomic mass is 9.99. The van der Waals surface area contributed by atoms with Crippen LogP contribution in [0.2, 0.25) is 0 Å². The Morgan fingerprint density at radius 2 is 1.79 bits per heavy atom. The molecule has 3 aromatic carbocycles. The van der Waals surface area contributed by atoms with E-state index in [1.807, 2.05) is 24.4 Å². The quantitative estimate of drug-likeness (QED) is 0.392. The van der Waals surface area contributed by atoms with Gasteiger partial charge in [0, 0.05) is 36.0 Å². The van der Waals surface area contributed by atoms with Gasteiger partial charge >= 0.3 is 0 Å². The molecule has 0 fully saturated rings. The molecule has 0 aliphatic heterocycles. The molecule has 1 heterocycles. The molecule has 3 N–H and O–H groups in total. The highest BCUT2D eigenvalue weighted by molar-refractivity contribution is 5.87. The number of anilines is 2. The first-order valence-corrected chi connectivity index (χ1v) is 9.87. The topological polar surface area (TPSA) is 57.2 Å². The van der Waals surface area contributed by atoms with E-state index in [-0.39, 0.29) is 6.61 Å². The third-order valence-corrected chi connectivity index (χ3v) is 5.13. The third-order valence-electron chi connectivity index (χ3n) is 5.13. The SMILES string of the molecule is Cc1c(Nc2ccc3nccc(CNCCO)c3c2)cccc1-c1ccccc1. The minimum absolute atomic E-state index is 0.132. The van der Waals surface area contributed by atoms with Crippen LogP contribution in [0, 0.1) is 6.92 Å². The van der Waals surface area contributed by atoms with E-state index in [1.54, 1.807) is 0 Å². The number of aromatic nitrogens is 1. The lowest BCUT2D eigenvalue weighted by Crippen LogP contribution is -2.17. The first-order chi connectivity index (χ1) is 14.3. The van der Waals surface area contributed by atoms with Crippen molar-refractivity contribution >= 4 is 22.3 Å². The Hall–Kier alpha value is -3.21. The van der Waals surface area contributed by atoms with E-state index >= 15 is 0 Å². The van der Waals surface area contributed by atoms with Gasteiger partial charge < -0.3 is 15.7 Å². The van der Waals surface area contributed by atoms with Crippen LogP contribution in [0.15, 0.2) is 79.0 Å². The molecular weight excluding hydrogens is 358 g/mol. The molecule has 0 unspecified atom stereocenters. The summed E-state index contributed by atoms with van der Waals surface area (Å²) in [6.07, 6.45) is 1.83. The highest BCUT2D eigenvalue weighted by Gasteiger charge is 2.08. The molecule has 0 radical (unpaired) electrons. The average Bonchev–Trinajstić information content (AvgIpc) is 2.76. The molecule has 0 amide bonds. The summed E-state index contributed by atoms with van der Waals surface area (Å²) in [6.45, 7) is 3.56. The van der Waals surface area contributed by atoms with Gasteiger partial charge in [-0.25, -0.2) is 0 Å². The molecule has 4 heteroatoms. The van der Waals surface area contributed by atoms with Gasteiger partial charge in [0.2, 0.25) is 0 Å². The third kappa shape index (κ3) is 4.29. The van der Waals surface area contributed by atoms with Crippen molar-refractivity contribution in [2.24, 2.45) is 0 Å². The lowest BCUT2D eigenvalue weighted by molar-refractivity contribution is 0.292. The molecule has 1 aromatic heterocycles. The van der Waals surface area contributed by atoms with Crippen molar-refractivity contribution in [1.82, 2.24) is 10.3 Å². The first-order valence-electron chi connectivity index (χ1n) is 9.87. The zero-order valence-corrected chi connectivity index (χ0v) is 16.5. The Bertz CT molecular complexity index is 1110. The van der Waals surface area contributed by atoms with Crippen molar-refractivity contribution < 1.29 is 5.11 Å². The Morgan fingerprint density at radius 1 is 0.931 bits per heavy atom. The maximum Gasteiger partial charge on any atom is 0.0706 e.